The van der Waals surface area contributed by atoms with Crippen molar-refractivity contribution < 1.29 is 58.1 Å². The molecule has 0 amide bonds. The van der Waals surface area contributed by atoms with Gasteiger partial charge in [0.25, 0.3) is 0 Å². The molecule has 0 radical (unpaired) electrons. The molecule has 0 aromatic rings. The molecule has 3 aliphatic rings. The maximum Gasteiger partial charge on any atom is 0.509 e. The number of aliphatic hydroxyl groups is 4. The number of rotatable bonds is 9. The van der Waals surface area contributed by atoms with Crippen LogP contribution in [0.1, 0.15) is 13.8 Å². The zero-order valence-corrected chi connectivity index (χ0v) is 17.7. The largest absolute Gasteiger partial charge is 0.509 e. The summed E-state index contributed by atoms with van der Waals surface area (Å²) in [7, 11) is 0. The summed E-state index contributed by atoms with van der Waals surface area (Å²) in [5.41, 5.74) is 10.6. The first-order chi connectivity index (χ1) is 15.7. The molecule has 15 nitrogen and oxygen atoms in total. The highest BCUT2D eigenvalue weighted by Crippen LogP contribution is 2.35. The maximum atomic E-state index is 12.8. The van der Waals surface area contributed by atoms with E-state index in [1.165, 1.54) is 19.4 Å². The van der Waals surface area contributed by atoms with Crippen LogP contribution in [0.15, 0.2) is 5.11 Å². The third-order valence-corrected chi connectivity index (χ3v) is 5.78. The number of aliphatic hydroxyl groups excluding tert-OH is 4. The number of halogens is 1. The molecule has 0 aromatic carbocycles. The van der Waals surface area contributed by atoms with Gasteiger partial charge in [0.1, 0.15) is 36.6 Å². The van der Waals surface area contributed by atoms with Crippen molar-refractivity contribution in [3.05, 3.63) is 10.4 Å². The van der Waals surface area contributed by atoms with Crippen molar-refractivity contribution >= 4 is 6.16 Å². The van der Waals surface area contributed by atoms with E-state index in [1.807, 2.05) is 0 Å². The topological polar surface area (TPSA) is 214 Å². The Bertz CT molecular complexity index is 731. The lowest BCUT2D eigenvalue weighted by Crippen LogP contribution is -2.64. The molecule has 0 spiro atoms. The van der Waals surface area contributed by atoms with Crippen LogP contribution in [0, 0.1) is 0 Å². The third-order valence-electron chi connectivity index (χ3n) is 5.78. The Morgan fingerprint density at radius 2 is 1.76 bits per heavy atom. The summed E-state index contributed by atoms with van der Waals surface area (Å²) in [6.45, 7) is 1.69. The Morgan fingerprint density at radius 1 is 1.12 bits per heavy atom. The Hall–Kier alpha value is -1.85. The smallest absolute Gasteiger partial charge is 0.424 e. The highest BCUT2D eigenvalue weighted by Gasteiger charge is 2.56. The van der Waals surface area contributed by atoms with Crippen molar-refractivity contribution in [2.24, 2.45) is 5.11 Å². The number of ether oxygens (including phenoxy) is 6. The number of nitrogens with zero attached hydrogens (tertiary/aromatic N) is 3. The molecule has 0 saturated carbocycles. The molecule has 33 heavy (non-hydrogen) atoms. The summed E-state index contributed by atoms with van der Waals surface area (Å²) in [5.74, 6) is 0. The van der Waals surface area contributed by atoms with E-state index in [0.29, 0.717) is 0 Å². The second-order valence-corrected chi connectivity index (χ2v) is 7.88. The molecule has 6 unspecified atom stereocenters. The average Bonchev–Trinajstić information content (AvgIpc) is 3.20. The number of nitrogens with one attached hydrogen (secondary N) is 1. The first kappa shape index (κ1) is 25.8. The zero-order valence-electron chi connectivity index (χ0n) is 17.7. The Labute approximate surface area is 186 Å². The van der Waals surface area contributed by atoms with Crippen LogP contribution in [0.25, 0.3) is 10.4 Å². The van der Waals surface area contributed by atoms with Crippen LogP contribution < -0.4 is 5.54 Å². The van der Waals surface area contributed by atoms with Crippen LogP contribution in [0.5, 0.6) is 0 Å². The molecule has 12 atom stereocenters. The number of hydrogen-bond donors (Lipinski definition) is 5. The van der Waals surface area contributed by atoms with Gasteiger partial charge in [0.15, 0.2) is 24.8 Å². The molecule has 5 N–H and O–H groups in total. The normalized spacial score (nSPS) is 42.5. The summed E-state index contributed by atoms with van der Waals surface area (Å²) in [5, 5.41) is 44.1. The number of hydrogen-bond acceptors (Lipinski definition) is 13. The maximum absolute atomic E-state index is 12.8. The fourth-order valence-corrected chi connectivity index (χ4v) is 3.76. The van der Waals surface area contributed by atoms with E-state index in [9.17, 15) is 29.7 Å². The molecular formula is C17H27FN4O11. The molecule has 3 aliphatic heterocycles. The lowest BCUT2D eigenvalue weighted by atomic mass is 9.96. The lowest BCUT2D eigenvalue weighted by molar-refractivity contribution is -0.337. The molecule has 0 aliphatic carbocycles. The van der Waals surface area contributed by atoms with Crippen molar-refractivity contribution in [3.8, 4) is 0 Å². The predicted octanol–water partition coefficient (Wildman–Crippen LogP) is -1.62. The van der Waals surface area contributed by atoms with Gasteiger partial charge in [-0.05, 0) is 19.4 Å². The average molecular weight is 482 g/mol. The van der Waals surface area contributed by atoms with Gasteiger partial charge in [-0.25, -0.2) is 4.79 Å². The van der Waals surface area contributed by atoms with E-state index in [-0.39, 0.29) is 0 Å². The number of carbonyl (C=O) groups excluding carboxylic acids is 1. The van der Waals surface area contributed by atoms with Gasteiger partial charge in [0, 0.05) is 4.91 Å². The summed E-state index contributed by atoms with van der Waals surface area (Å²) in [6.07, 6.45) is -14.2. The first-order valence-corrected chi connectivity index (χ1v) is 10.2. The summed E-state index contributed by atoms with van der Waals surface area (Å²) in [4.78, 5) is 14.2. The van der Waals surface area contributed by atoms with Gasteiger partial charge in [0.05, 0.1) is 25.4 Å². The monoisotopic (exact) mass is 482 g/mol. The summed E-state index contributed by atoms with van der Waals surface area (Å²) >= 11 is 0. The molecule has 3 heterocycles. The first-order valence-electron chi connectivity index (χ1n) is 10.2. The fourth-order valence-electron chi connectivity index (χ4n) is 3.76. The van der Waals surface area contributed by atoms with Crippen LogP contribution in [-0.2, 0) is 28.4 Å². The molecule has 0 aromatic heterocycles. The van der Waals surface area contributed by atoms with Crippen LogP contribution in [0.2, 0.25) is 0 Å². The van der Waals surface area contributed by atoms with Gasteiger partial charge in [-0.3, -0.25) is 0 Å². The molecule has 3 fully saturated rings. The molecule has 16 heteroatoms. The van der Waals surface area contributed by atoms with Gasteiger partial charge in [-0.1, -0.05) is 5.11 Å². The van der Waals surface area contributed by atoms with Crippen LogP contribution in [0.4, 0.5) is 9.28 Å². The number of azide groups is 1. The molecule has 3 saturated heterocycles. The van der Waals surface area contributed by atoms with Crippen molar-refractivity contribution in [2.75, 3.05) is 13.2 Å². The summed E-state index contributed by atoms with van der Waals surface area (Å²) in [6, 6.07) is -2.16. The zero-order chi connectivity index (χ0) is 24.3. The van der Waals surface area contributed by atoms with Crippen molar-refractivity contribution in [1.82, 2.24) is 5.54 Å². The van der Waals surface area contributed by atoms with Crippen molar-refractivity contribution in [1.29, 1.82) is 0 Å². The Kier molecular flexibility index (Phi) is 8.63. The lowest BCUT2D eigenvalue weighted by Gasteiger charge is -2.46. The Morgan fingerprint density at radius 3 is 2.36 bits per heavy atom. The number of carbonyl (C=O) groups is 1. The van der Waals surface area contributed by atoms with E-state index >= 15 is 0 Å². The van der Waals surface area contributed by atoms with Crippen LogP contribution >= 0.6 is 0 Å². The highest BCUT2D eigenvalue weighted by atomic mass is 19.2. The minimum Gasteiger partial charge on any atom is -0.424 e. The third kappa shape index (κ3) is 5.30. The molecular weight excluding hydrogens is 455 g/mol. The minimum atomic E-state index is -1.60. The van der Waals surface area contributed by atoms with Gasteiger partial charge in [0.2, 0.25) is 0 Å². The van der Waals surface area contributed by atoms with Gasteiger partial charge in [-0.2, -0.15) is 5.54 Å². The van der Waals surface area contributed by atoms with E-state index in [0.717, 1.165) is 0 Å². The molecule has 0 bridgehead atoms. The standard InChI is InChI=1S/C17H27FN4O11/c1-5(20-18)6(2)28-15-9(21-22-19)13(10(25)7(3-23)29-15)31-16-11(26)14-12(8(4-24)30-16)32-17(27)33-14/h5-16,20,23-26H,3-4H2,1-2H3/t5-,6-,7?,8?,9?,10?,11?,12?,13-,14-,15+,16+/m1/s1. The SMILES string of the molecule is C[C@@H](NF)[C@@H](C)O[C@H]1OC(CO)C(O)[C@H](O[C@@H]2OC(CO)C3OC(=O)O[C@@H]3C2O)C1N=[N+]=[N-]. The predicted molar refractivity (Wildman–Crippen MR) is 101 cm³/mol. The highest BCUT2D eigenvalue weighted by molar-refractivity contribution is 5.63. The number of fused-ring (bicyclic) bond motifs is 1. The van der Waals surface area contributed by atoms with Crippen molar-refractivity contribution in [3.63, 3.8) is 0 Å². The van der Waals surface area contributed by atoms with Crippen LogP contribution in [-0.4, -0.2) is 113 Å². The van der Waals surface area contributed by atoms with E-state index in [4.69, 9.17) is 34.0 Å². The van der Waals surface area contributed by atoms with E-state index in [1.54, 1.807) is 0 Å². The van der Waals surface area contributed by atoms with Crippen LogP contribution in [0.3, 0.4) is 0 Å². The second-order valence-electron chi connectivity index (χ2n) is 7.88. The van der Waals surface area contributed by atoms with Gasteiger partial charge >= 0.3 is 6.16 Å². The van der Waals surface area contributed by atoms with E-state index < -0.39 is 92.9 Å². The van der Waals surface area contributed by atoms with Crippen molar-refractivity contribution in [2.45, 2.75) is 87.3 Å². The summed E-state index contributed by atoms with van der Waals surface area (Å²) < 4.78 is 45.0. The fraction of sp³-hybridized carbons (Fsp3) is 0.941. The minimum absolute atomic E-state index is 0.614. The molecule has 3 rings (SSSR count). The molecule has 188 valence electrons. The van der Waals surface area contributed by atoms with E-state index in [2.05, 4.69) is 10.0 Å². The Balaban J connectivity index is 1.84. The quantitative estimate of drug-likeness (QED) is 0.0824. The van der Waals surface area contributed by atoms with Gasteiger partial charge in [-0.15, -0.1) is 4.48 Å². The second kappa shape index (κ2) is 11.1. The van der Waals surface area contributed by atoms with Gasteiger partial charge < -0.3 is 48.8 Å².